The first-order chi connectivity index (χ1) is 11.6. The number of hydrogen-bond donors (Lipinski definition) is 4. The average Bonchev–Trinajstić information content (AvgIpc) is 2.56. The van der Waals surface area contributed by atoms with Gasteiger partial charge < -0.3 is 29.7 Å². The lowest BCUT2D eigenvalue weighted by molar-refractivity contribution is 0.402. The topological polar surface area (TPSA) is 125 Å². The Bertz CT molecular complexity index is 702. The lowest BCUT2D eigenvalue weighted by Crippen LogP contribution is -2.19. The third-order valence-electron chi connectivity index (χ3n) is 3.29. The van der Waals surface area contributed by atoms with E-state index in [1.54, 1.807) is 0 Å². The van der Waals surface area contributed by atoms with Crippen molar-refractivity contribution in [3.8, 4) is 11.5 Å². The maximum Gasteiger partial charge on any atom is 0.226 e. The van der Waals surface area contributed by atoms with E-state index < -0.39 is 22.4 Å². The molecule has 24 heavy (non-hydrogen) atoms. The summed E-state index contributed by atoms with van der Waals surface area (Å²) >= 11 is 0. The lowest BCUT2D eigenvalue weighted by atomic mass is 10.3. The van der Waals surface area contributed by atoms with Crippen LogP contribution >= 0.6 is 0 Å². The molecule has 2 aromatic rings. The molecular formula is C16H20N2O6. The summed E-state index contributed by atoms with van der Waals surface area (Å²) in [6.45, 7) is 2.34. The molecule has 0 aliphatic heterocycles. The molecular weight excluding hydrogens is 316 g/mol. The van der Waals surface area contributed by atoms with Crippen molar-refractivity contribution in [1.82, 2.24) is 10.6 Å². The van der Waals surface area contributed by atoms with E-state index in [9.17, 15) is 9.59 Å². The van der Waals surface area contributed by atoms with Gasteiger partial charge in [0.2, 0.25) is 10.9 Å². The van der Waals surface area contributed by atoms with Crippen molar-refractivity contribution in [2.45, 2.75) is 25.9 Å². The molecule has 0 atom stereocenters. The summed E-state index contributed by atoms with van der Waals surface area (Å²) in [5.41, 5.74) is -0.911. The summed E-state index contributed by atoms with van der Waals surface area (Å²) in [7, 11) is 0. The van der Waals surface area contributed by atoms with Crippen LogP contribution in [0.15, 0.2) is 43.1 Å². The molecule has 0 bridgehead atoms. The molecule has 0 fully saturated rings. The average molecular weight is 336 g/mol. The summed E-state index contributed by atoms with van der Waals surface area (Å²) in [6, 6.07) is 2.52. The summed E-state index contributed by atoms with van der Waals surface area (Å²) < 4.78 is 10.1. The highest BCUT2D eigenvalue weighted by molar-refractivity contribution is 5.16. The van der Waals surface area contributed by atoms with Gasteiger partial charge in [-0.3, -0.25) is 9.59 Å². The predicted molar refractivity (Wildman–Crippen MR) is 85.9 cm³/mol. The number of nitrogens with one attached hydrogen (secondary N) is 2. The summed E-state index contributed by atoms with van der Waals surface area (Å²) in [5, 5.41) is 24.4. The van der Waals surface area contributed by atoms with Gasteiger partial charge >= 0.3 is 0 Å². The zero-order valence-corrected chi connectivity index (χ0v) is 13.1. The fourth-order valence-electron chi connectivity index (χ4n) is 2.00. The molecule has 8 heteroatoms. The Balaban J connectivity index is 1.55. The molecule has 0 aliphatic carbocycles. The van der Waals surface area contributed by atoms with Crippen LogP contribution in [-0.4, -0.2) is 23.3 Å². The molecule has 8 nitrogen and oxygen atoms in total. The highest BCUT2D eigenvalue weighted by Gasteiger charge is 2.02. The normalized spacial score (nSPS) is 10.8. The van der Waals surface area contributed by atoms with Crippen molar-refractivity contribution in [3.63, 3.8) is 0 Å². The Morgan fingerprint density at radius 2 is 1.21 bits per heavy atom. The quantitative estimate of drug-likeness (QED) is 0.492. The predicted octanol–water partition coefficient (Wildman–Crippen LogP) is 0.664. The van der Waals surface area contributed by atoms with Crippen LogP contribution in [0.5, 0.6) is 11.5 Å². The van der Waals surface area contributed by atoms with Gasteiger partial charge in [-0.2, -0.15) is 0 Å². The summed E-state index contributed by atoms with van der Waals surface area (Å²) in [4.78, 5) is 22.4. The first kappa shape index (κ1) is 17.8. The molecule has 2 rings (SSSR count). The van der Waals surface area contributed by atoms with Crippen LogP contribution in [-0.2, 0) is 13.1 Å². The Labute approximate surface area is 137 Å². The fraction of sp³-hybridized carbons (Fsp3) is 0.375. The van der Waals surface area contributed by atoms with Crippen LogP contribution < -0.4 is 21.5 Å². The first-order valence-electron chi connectivity index (χ1n) is 7.59. The van der Waals surface area contributed by atoms with E-state index in [2.05, 4.69) is 10.6 Å². The minimum Gasteiger partial charge on any atom is -0.502 e. The highest BCUT2D eigenvalue weighted by atomic mass is 16.4. The van der Waals surface area contributed by atoms with Gasteiger partial charge in [-0.25, -0.2) is 0 Å². The number of rotatable bonds is 9. The molecule has 0 amide bonds. The van der Waals surface area contributed by atoms with E-state index in [1.807, 2.05) is 0 Å². The number of hydrogen-bond acceptors (Lipinski definition) is 8. The Morgan fingerprint density at radius 3 is 1.58 bits per heavy atom. The summed E-state index contributed by atoms with van der Waals surface area (Å²) in [5.74, 6) is 0.153. The van der Waals surface area contributed by atoms with Crippen molar-refractivity contribution in [2.24, 2.45) is 0 Å². The van der Waals surface area contributed by atoms with Gasteiger partial charge in [0.25, 0.3) is 0 Å². The van der Waals surface area contributed by atoms with Gasteiger partial charge in [-0.05, 0) is 25.9 Å². The third kappa shape index (κ3) is 5.56. The second-order valence-corrected chi connectivity index (χ2v) is 5.25. The monoisotopic (exact) mass is 336 g/mol. The summed E-state index contributed by atoms with van der Waals surface area (Å²) in [6.07, 6.45) is 3.89. The minimum atomic E-state index is -0.455. The minimum absolute atomic E-state index is 0.394. The molecule has 0 aromatic carbocycles. The van der Waals surface area contributed by atoms with Crippen LogP contribution in [0.3, 0.4) is 0 Å². The van der Waals surface area contributed by atoms with Crippen LogP contribution in [0.4, 0.5) is 0 Å². The van der Waals surface area contributed by atoms with E-state index in [0.717, 1.165) is 38.5 Å². The van der Waals surface area contributed by atoms with Crippen LogP contribution in [0.2, 0.25) is 0 Å². The van der Waals surface area contributed by atoms with Crippen molar-refractivity contribution < 1.29 is 19.0 Å². The standard InChI is InChI=1S/C16H20N2O6/c19-13-5-11(23-9-15(13)21)7-17-3-1-2-4-18-8-12-6-14(20)16(22)10-24-12/h5-6,9-10,17-18,21-22H,1-4,7-8H2. The Morgan fingerprint density at radius 1 is 0.792 bits per heavy atom. The van der Waals surface area contributed by atoms with Crippen LogP contribution in [0.25, 0.3) is 0 Å². The van der Waals surface area contributed by atoms with Gasteiger partial charge in [0, 0.05) is 12.1 Å². The molecule has 130 valence electrons. The van der Waals surface area contributed by atoms with E-state index in [4.69, 9.17) is 19.0 Å². The highest BCUT2D eigenvalue weighted by Crippen LogP contribution is 2.04. The van der Waals surface area contributed by atoms with E-state index in [0.29, 0.717) is 24.6 Å². The Hall–Kier alpha value is -2.58. The van der Waals surface area contributed by atoms with Crippen molar-refractivity contribution in [1.29, 1.82) is 0 Å². The smallest absolute Gasteiger partial charge is 0.226 e. The van der Waals surface area contributed by atoms with Gasteiger partial charge in [0.1, 0.15) is 24.0 Å². The zero-order chi connectivity index (χ0) is 17.4. The van der Waals surface area contributed by atoms with Crippen molar-refractivity contribution >= 4 is 0 Å². The largest absolute Gasteiger partial charge is 0.502 e. The molecule has 2 aromatic heterocycles. The zero-order valence-electron chi connectivity index (χ0n) is 13.1. The number of unbranched alkanes of at least 4 members (excludes halogenated alkanes) is 1. The third-order valence-corrected chi connectivity index (χ3v) is 3.29. The first-order valence-corrected chi connectivity index (χ1v) is 7.59. The molecule has 0 spiro atoms. The van der Waals surface area contributed by atoms with Gasteiger partial charge in [-0.1, -0.05) is 0 Å². The van der Waals surface area contributed by atoms with Crippen LogP contribution in [0.1, 0.15) is 24.4 Å². The Kier molecular flexibility index (Phi) is 6.59. The molecule has 2 heterocycles. The van der Waals surface area contributed by atoms with Gasteiger partial charge in [0.15, 0.2) is 11.5 Å². The second kappa shape index (κ2) is 8.90. The molecule has 0 aliphatic rings. The van der Waals surface area contributed by atoms with Crippen molar-refractivity contribution in [3.05, 3.63) is 56.6 Å². The fourth-order valence-corrected chi connectivity index (χ4v) is 2.00. The molecule has 0 unspecified atom stereocenters. The maximum atomic E-state index is 11.2. The molecule has 0 radical (unpaired) electrons. The lowest BCUT2D eigenvalue weighted by Gasteiger charge is -2.06. The SMILES string of the molecule is O=c1cc(CNCCCCNCc2cc(=O)c(O)co2)occ1O. The molecule has 4 N–H and O–H groups in total. The second-order valence-electron chi connectivity index (χ2n) is 5.25. The molecule has 0 saturated carbocycles. The van der Waals surface area contributed by atoms with Crippen molar-refractivity contribution in [2.75, 3.05) is 13.1 Å². The van der Waals surface area contributed by atoms with E-state index in [-0.39, 0.29) is 0 Å². The number of aromatic hydroxyl groups is 2. The van der Waals surface area contributed by atoms with Gasteiger partial charge in [-0.15, -0.1) is 0 Å². The van der Waals surface area contributed by atoms with E-state index in [1.165, 1.54) is 12.1 Å². The maximum absolute atomic E-state index is 11.2. The van der Waals surface area contributed by atoms with E-state index >= 15 is 0 Å². The van der Waals surface area contributed by atoms with Crippen LogP contribution in [0, 0.1) is 0 Å². The molecule has 0 saturated heterocycles. The van der Waals surface area contributed by atoms with Gasteiger partial charge in [0.05, 0.1) is 13.1 Å².